The molecule has 2 saturated heterocycles. The Balaban J connectivity index is 1.87. The van der Waals surface area contributed by atoms with Crippen LogP contribution in [0.25, 0.3) is 0 Å². The second-order valence-electron chi connectivity index (χ2n) is 5.77. The molecular weight excluding hydrogens is 260 g/mol. The van der Waals surface area contributed by atoms with Gasteiger partial charge in [0.25, 0.3) is 0 Å². The summed E-state index contributed by atoms with van der Waals surface area (Å²) in [4.78, 5) is 1.71. The summed E-state index contributed by atoms with van der Waals surface area (Å²) < 4.78 is 28.1. The van der Waals surface area contributed by atoms with Crippen molar-refractivity contribution in [1.82, 2.24) is 5.32 Å². The van der Waals surface area contributed by atoms with Gasteiger partial charge < -0.3 is 10.2 Å². The molecule has 2 unspecified atom stereocenters. The first-order chi connectivity index (χ1) is 9.58. The smallest absolute Gasteiger partial charge is 0.150 e. The first-order valence-corrected chi connectivity index (χ1v) is 6.96. The highest BCUT2D eigenvalue weighted by Crippen LogP contribution is 2.33. The monoisotopic (exact) mass is 277 g/mol. The van der Waals surface area contributed by atoms with Crippen LogP contribution in [0.15, 0.2) is 12.1 Å². The van der Waals surface area contributed by atoms with Crippen molar-refractivity contribution >= 4 is 5.69 Å². The molecule has 0 saturated carbocycles. The average molecular weight is 277 g/mol. The van der Waals surface area contributed by atoms with Crippen LogP contribution in [0.5, 0.6) is 0 Å². The van der Waals surface area contributed by atoms with Gasteiger partial charge in [0.1, 0.15) is 5.69 Å². The molecule has 2 heterocycles. The van der Waals surface area contributed by atoms with Crippen LogP contribution in [0.1, 0.15) is 31.2 Å². The van der Waals surface area contributed by atoms with Crippen molar-refractivity contribution in [1.29, 1.82) is 5.26 Å². The Hall–Kier alpha value is -1.67. The van der Waals surface area contributed by atoms with Gasteiger partial charge in [0, 0.05) is 25.2 Å². The lowest BCUT2D eigenvalue weighted by molar-refractivity contribution is 0.351. The summed E-state index contributed by atoms with van der Waals surface area (Å²) in [6.45, 7) is 0. The fraction of sp³-hybridized carbons (Fsp3) is 0.533. The van der Waals surface area contributed by atoms with Crippen LogP contribution >= 0.6 is 0 Å². The van der Waals surface area contributed by atoms with E-state index in [4.69, 9.17) is 5.26 Å². The molecule has 0 amide bonds. The minimum absolute atomic E-state index is 0.0162. The van der Waals surface area contributed by atoms with E-state index in [2.05, 4.69) is 5.32 Å². The number of rotatable bonds is 2. The van der Waals surface area contributed by atoms with Crippen molar-refractivity contribution in [3.63, 3.8) is 0 Å². The molecule has 0 radical (unpaired) electrons. The van der Waals surface area contributed by atoms with E-state index < -0.39 is 11.6 Å². The second-order valence-corrected chi connectivity index (χ2v) is 5.77. The lowest BCUT2D eigenvalue weighted by Crippen LogP contribution is -2.47. The van der Waals surface area contributed by atoms with Crippen LogP contribution in [0.2, 0.25) is 0 Å². The summed E-state index contributed by atoms with van der Waals surface area (Å²) in [5.41, 5.74) is -0.00201. The summed E-state index contributed by atoms with van der Waals surface area (Å²) in [6, 6.07) is 5.04. The molecule has 20 heavy (non-hydrogen) atoms. The first kappa shape index (κ1) is 13.3. The molecule has 0 aromatic heterocycles. The number of halogens is 2. The second kappa shape index (κ2) is 5.02. The third-order valence-corrected chi connectivity index (χ3v) is 4.49. The summed E-state index contributed by atoms with van der Waals surface area (Å²) in [5.74, 6) is -1.31. The van der Waals surface area contributed by atoms with Crippen LogP contribution in [0, 0.1) is 23.0 Å². The Bertz CT molecular complexity index is 532. The molecule has 1 N–H and O–H groups in total. The van der Waals surface area contributed by atoms with E-state index >= 15 is 0 Å². The number of nitriles is 1. The zero-order valence-electron chi connectivity index (χ0n) is 11.4. The van der Waals surface area contributed by atoms with Gasteiger partial charge in [-0.25, -0.2) is 8.78 Å². The van der Waals surface area contributed by atoms with E-state index in [0.29, 0.717) is 12.1 Å². The summed E-state index contributed by atoms with van der Waals surface area (Å²) in [7, 11) is 1.74. The Morgan fingerprint density at radius 3 is 2.25 bits per heavy atom. The number of anilines is 1. The third kappa shape index (κ3) is 2.25. The molecule has 2 fully saturated rings. The zero-order valence-corrected chi connectivity index (χ0v) is 11.4. The Kier molecular flexibility index (Phi) is 3.35. The topological polar surface area (TPSA) is 39.1 Å². The maximum absolute atomic E-state index is 14.1. The lowest BCUT2D eigenvalue weighted by atomic mass is 9.98. The van der Waals surface area contributed by atoms with E-state index in [1.54, 1.807) is 18.0 Å². The summed E-state index contributed by atoms with van der Waals surface area (Å²) in [5, 5.41) is 12.3. The number of piperidine rings is 1. The Morgan fingerprint density at radius 2 is 1.75 bits per heavy atom. The normalized spacial score (nSPS) is 28.2. The van der Waals surface area contributed by atoms with Crippen molar-refractivity contribution in [3.8, 4) is 6.07 Å². The highest BCUT2D eigenvalue weighted by molar-refractivity contribution is 5.53. The lowest BCUT2D eigenvalue weighted by Gasteiger charge is -2.37. The van der Waals surface area contributed by atoms with Crippen LogP contribution in [0.4, 0.5) is 14.5 Å². The van der Waals surface area contributed by atoms with Gasteiger partial charge in [0.05, 0.1) is 11.6 Å². The quantitative estimate of drug-likeness (QED) is 0.903. The fourth-order valence-corrected chi connectivity index (χ4v) is 3.49. The molecule has 0 aliphatic carbocycles. The van der Waals surface area contributed by atoms with Gasteiger partial charge >= 0.3 is 0 Å². The van der Waals surface area contributed by atoms with Crippen LogP contribution in [0.3, 0.4) is 0 Å². The molecule has 2 aliphatic heterocycles. The van der Waals surface area contributed by atoms with Gasteiger partial charge in [-0.3, -0.25) is 0 Å². The molecule has 2 bridgehead atoms. The molecule has 2 aliphatic rings. The van der Waals surface area contributed by atoms with E-state index in [9.17, 15) is 8.78 Å². The predicted molar refractivity (Wildman–Crippen MR) is 72.4 cm³/mol. The summed E-state index contributed by atoms with van der Waals surface area (Å²) in [6.07, 6.45) is 4.11. The highest BCUT2D eigenvalue weighted by atomic mass is 19.1. The van der Waals surface area contributed by atoms with Crippen molar-refractivity contribution in [3.05, 3.63) is 29.3 Å². The van der Waals surface area contributed by atoms with Crippen LogP contribution in [-0.2, 0) is 0 Å². The van der Waals surface area contributed by atoms with Gasteiger partial charge in [0.15, 0.2) is 11.6 Å². The van der Waals surface area contributed by atoms with E-state index in [1.165, 1.54) is 0 Å². The van der Waals surface area contributed by atoms with E-state index in [-0.39, 0.29) is 17.3 Å². The fourth-order valence-electron chi connectivity index (χ4n) is 3.49. The zero-order chi connectivity index (χ0) is 14.3. The molecule has 3 nitrogen and oxygen atoms in total. The van der Waals surface area contributed by atoms with E-state index in [1.807, 2.05) is 0 Å². The molecular formula is C15H17F2N3. The minimum atomic E-state index is -0.657. The number of benzene rings is 1. The SMILES string of the molecule is CN(c1c(F)cc(C#N)cc1F)C1CC2CCC(C1)N2. The molecule has 1 aromatic carbocycles. The number of fused-ring (bicyclic) bond motifs is 2. The van der Waals surface area contributed by atoms with Gasteiger partial charge in [-0.2, -0.15) is 5.26 Å². The van der Waals surface area contributed by atoms with Crippen molar-refractivity contribution < 1.29 is 8.78 Å². The van der Waals surface area contributed by atoms with Crippen LogP contribution in [-0.4, -0.2) is 25.2 Å². The highest BCUT2D eigenvalue weighted by Gasteiger charge is 2.36. The molecule has 0 spiro atoms. The first-order valence-electron chi connectivity index (χ1n) is 6.96. The largest absolute Gasteiger partial charge is 0.367 e. The van der Waals surface area contributed by atoms with E-state index in [0.717, 1.165) is 37.8 Å². The predicted octanol–water partition coefficient (Wildman–Crippen LogP) is 2.56. The van der Waals surface area contributed by atoms with Crippen LogP contribution < -0.4 is 10.2 Å². The van der Waals surface area contributed by atoms with Gasteiger partial charge in [-0.15, -0.1) is 0 Å². The van der Waals surface area contributed by atoms with Crippen molar-refractivity contribution in [2.24, 2.45) is 0 Å². The molecule has 1 aromatic rings. The molecule has 106 valence electrons. The Morgan fingerprint density at radius 1 is 1.20 bits per heavy atom. The van der Waals surface area contributed by atoms with Gasteiger partial charge in [0.2, 0.25) is 0 Å². The Labute approximate surface area is 117 Å². The standard InChI is InChI=1S/C15H17F2N3/c1-20(12-6-10-2-3-11(7-12)19-10)15-13(16)4-9(8-18)5-14(15)17/h4-5,10-12,19H,2-3,6-7H2,1H3. The van der Waals surface area contributed by atoms with Crippen molar-refractivity contribution in [2.75, 3.05) is 11.9 Å². The van der Waals surface area contributed by atoms with Gasteiger partial charge in [-0.05, 0) is 37.8 Å². The molecule has 5 heteroatoms. The molecule has 3 rings (SSSR count). The third-order valence-electron chi connectivity index (χ3n) is 4.49. The molecule has 2 atom stereocenters. The summed E-state index contributed by atoms with van der Waals surface area (Å²) >= 11 is 0. The van der Waals surface area contributed by atoms with Crippen molar-refractivity contribution in [2.45, 2.75) is 43.8 Å². The minimum Gasteiger partial charge on any atom is -0.367 e. The maximum atomic E-state index is 14.1. The number of nitrogens with zero attached hydrogens (tertiary/aromatic N) is 2. The maximum Gasteiger partial charge on any atom is 0.150 e. The number of nitrogens with one attached hydrogen (secondary N) is 1. The van der Waals surface area contributed by atoms with Gasteiger partial charge in [-0.1, -0.05) is 0 Å². The average Bonchev–Trinajstić information content (AvgIpc) is 2.76. The number of hydrogen-bond donors (Lipinski definition) is 1. The number of hydrogen-bond acceptors (Lipinski definition) is 3.